The molecule has 1 aromatic rings. The standard InChI is InChI=1S/C24H40O3SSi/c1-18(2)29(19(3)4,20(5)6)27-16-22-10-8-9-11-23(22)17-28(25,26)24-14-12-21(7)13-15-24/h10,12-15,18-20,23H,8-9,11,16-17H2,1-7H3/t23-/m0/s1. The van der Waals surface area contributed by atoms with E-state index in [4.69, 9.17) is 4.43 Å². The van der Waals surface area contributed by atoms with E-state index in [1.807, 2.05) is 19.1 Å². The Morgan fingerprint density at radius 1 is 1.00 bits per heavy atom. The summed E-state index contributed by atoms with van der Waals surface area (Å²) in [4.78, 5) is 0.434. The number of sulfone groups is 1. The van der Waals surface area contributed by atoms with Crippen LogP contribution in [-0.4, -0.2) is 29.1 Å². The van der Waals surface area contributed by atoms with Gasteiger partial charge in [-0.15, -0.1) is 0 Å². The van der Waals surface area contributed by atoms with E-state index in [1.165, 1.54) is 5.57 Å². The molecule has 5 heteroatoms. The molecule has 164 valence electrons. The molecular formula is C24H40O3SSi. The molecule has 0 saturated carbocycles. The predicted molar refractivity (Wildman–Crippen MR) is 126 cm³/mol. The Hall–Kier alpha value is -0.913. The molecule has 1 aromatic carbocycles. The molecule has 29 heavy (non-hydrogen) atoms. The van der Waals surface area contributed by atoms with E-state index >= 15 is 0 Å². The minimum Gasteiger partial charge on any atom is -0.412 e. The molecule has 1 atom stereocenters. The first-order chi connectivity index (χ1) is 13.5. The highest BCUT2D eigenvalue weighted by Gasteiger charge is 2.45. The summed E-state index contributed by atoms with van der Waals surface area (Å²) < 4.78 is 32.8. The Morgan fingerprint density at radius 2 is 1.55 bits per heavy atom. The Kier molecular flexibility index (Phi) is 8.34. The van der Waals surface area contributed by atoms with Crippen molar-refractivity contribution in [2.45, 2.75) is 89.2 Å². The second-order valence-electron chi connectivity index (χ2n) is 9.61. The van der Waals surface area contributed by atoms with Crippen LogP contribution in [0.1, 0.15) is 66.4 Å². The van der Waals surface area contributed by atoms with E-state index in [0.29, 0.717) is 28.1 Å². The first kappa shape index (κ1) is 24.4. The van der Waals surface area contributed by atoms with Gasteiger partial charge in [0, 0.05) is 0 Å². The van der Waals surface area contributed by atoms with Crippen molar-refractivity contribution in [2.24, 2.45) is 5.92 Å². The zero-order valence-corrected chi connectivity index (χ0v) is 21.2. The average Bonchev–Trinajstić information content (AvgIpc) is 2.62. The second kappa shape index (κ2) is 9.93. The van der Waals surface area contributed by atoms with Crippen LogP contribution in [0.2, 0.25) is 16.6 Å². The largest absolute Gasteiger partial charge is 0.412 e. The lowest BCUT2D eigenvalue weighted by atomic mass is 9.90. The molecule has 1 aliphatic carbocycles. The molecule has 0 aliphatic heterocycles. The maximum Gasteiger partial charge on any atom is 0.200 e. The van der Waals surface area contributed by atoms with Crippen molar-refractivity contribution in [3.63, 3.8) is 0 Å². The lowest BCUT2D eigenvalue weighted by molar-refractivity contribution is 0.290. The van der Waals surface area contributed by atoms with Gasteiger partial charge >= 0.3 is 0 Å². The van der Waals surface area contributed by atoms with E-state index in [1.54, 1.807) is 12.1 Å². The monoisotopic (exact) mass is 436 g/mol. The fourth-order valence-electron chi connectivity index (χ4n) is 5.19. The summed E-state index contributed by atoms with van der Waals surface area (Å²) in [7, 11) is -5.26. The zero-order valence-electron chi connectivity index (χ0n) is 19.4. The van der Waals surface area contributed by atoms with Gasteiger partial charge in [-0.25, -0.2) is 8.42 Å². The number of allylic oxidation sites excluding steroid dienone is 1. The van der Waals surface area contributed by atoms with E-state index in [2.05, 4.69) is 47.6 Å². The topological polar surface area (TPSA) is 43.4 Å². The smallest absolute Gasteiger partial charge is 0.200 e. The highest BCUT2D eigenvalue weighted by Crippen LogP contribution is 2.43. The fraction of sp³-hybridized carbons (Fsp3) is 0.667. The maximum absolute atomic E-state index is 13.0. The summed E-state index contributed by atoms with van der Waals surface area (Å²) in [5.41, 5.74) is 3.86. The third-order valence-electron chi connectivity index (χ3n) is 6.68. The van der Waals surface area contributed by atoms with Gasteiger partial charge in [-0.1, -0.05) is 65.3 Å². The quantitative estimate of drug-likeness (QED) is 0.320. The third-order valence-corrected chi connectivity index (χ3v) is 14.6. The van der Waals surface area contributed by atoms with Gasteiger partial charge < -0.3 is 4.43 Å². The molecule has 0 radical (unpaired) electrons. The molecule has 0 unspecified atom stereocenters. The van der Waals surface area contributed by atoms with Crippen LogP contribution in [0, 0.1) is 12.8 Å². The molecule has 0 saturated heterocycles. The van der Waals surface area contributed by atoms with E-state index in [9.17, 15) is 8.42 Å². The van der Waals surface area contributed by atoms with Crippen molar-refractivity contribution in [1.29, 1.82) is 0 Å². The summed E-state index contributed by atoms with van der Waals surface area (Å²) in [5.74, 6) is 0.249. The van der Waals surface area contributed by atoms with Gasteiger partial charge in [-0.05, 0) is 66.4 Å². The highest BCUT2D eigenvalue weighted by atomic mass is 32.2. The van der Waals surface area contributed by atoms with Crippen LogP contribution >= 0.6 is 0 Å². The van der Waals surface area contributed by atoms with Crippen LogP contribution in [0.25, 0.3) is 0 Å². The molecule has 0 amide bonds. The van der Waals surface area contributed by atoms with Gasteiger partial charge in [0.25, 0.3) is 0 Å². The SMILES string of the molecule is Cc1ccc(S(=O)(=O)C[C@@H]2CCCC=C2CO[Si](C(C)C)(C(C)C)C(C)C)cc1. The molecule has 2 rings (SSSR count). The Bertz CT molecular complexity index is 770. The molecule has 0 bridgehead atoms. The molecular weight excluding hydrogens is 396 g/mol. The predicted octanol–water partition coefficient (Wildman–Crippen LogP) is 6.69. The molecule has 0 aromatic heterocycles. The number of aryl methyl sites for hydroxylation is 1. The first-order valence-corrected chi connectivity index (χ1v) is 14.9. The maximum atomic E-state index is 13.0. The second-order valence-corrected chi connectivity index (χ2v) is 17.1. The van der Waals surface area contributed by atoms with Crippen molar-refractivity contribution in [2.75, 3.05) is 12.4 Å². The first-order valence-electron chi connectivity index (χ1n) is 11.1. The highest BCUT2D eigenvalue weighted by molar-refractivity contribution is 7.91. The number of hydrogen-bond donors (Lipinski definition) is 0. The molecule has 0 N–H and O–H groups in total. The minimum absolute atomic E-state index is 0.0632. The molecule has 3 nitrogen and oxygen atoms in total. The van der Waals surface area contributed by atoms with Gasteiger partial charge in [0.15, 0.2) is 9.84 Å². The normalized spacial score (nSPS) is 18.6. The summed E-state index contributed by atoms with van der Waals surface area (Å²) in [6, 6.07) is 7.23. The van der Waals surface area contributed by atoms with Crippen molar-refractivity contribution >= 4 is 18.2 Å². The Labute approximate surface area is 180 Å². The van der Waals surface area contributed by atoms with Crippen molar-refractivity contribution in [3.8, 4) is 0 Å². The van der Waals surface area contributed by atoms with Gasteiger partial charge in [0.2, 0.25) is 8.32 Å². The lowest BCUT2D eigenvalue weighted by Gasteiger charge is -2.43. The molecule has 0 heterocycles. The van der Waals surface area contributed by atoms with Crippen LogP contribution in [0.3, 0.4) is 0 Å². The van der Waals surface area contributed by atoms with Crippen molar-refractivity contribution < 1.29 is 12.8 Å². The van der Waals surface area contributed by atoms with E-state index < -0.39 is 18.2 Å². The van der Waals surface area contributed by atoms with Gasteiger partial charge in [0.1, 0.15) is 0 Å². The van der Waals surface area contributed by atoms with Crippen molar-refractivity contribution in [1.82, 2.24) is 0 Å². The van der Waals surface area contributed by atoms with Crippen LogP contribution in [0.15, 0.2) is 40.8 Å². The zero-order chi connectivity index (χ0) is 21.8. The number of benzene rings is 1. The summed E-state index contributed by atoms with van der Waals surface area (Å²) in [6.45, 7) is 16.3. The third kappa shape index (κ3) is 5.62. The average molecular weight is 437 g/mol. The fourth-order valence-corrected chi connectivity index (χ4v) is 12.3. The van der Waals surface area contributed by atoms with Gasteiger partial charge in [-0.2, -0.15) is 0 Å². The van der Waals surface area contributed by atoms with Crippen LogP contribution in [0.4, 0.5) is 0 Å². The Balaban J connectivity index is 2.19. The molecule has 0 fully saturated rings. The summed E-state index contributed by atoms with van der Waals surface area (Å²) >= 11 is 0. The van der Waals surface area contributed by atoms with Crippen LogP contribution in [-0.2, 0) is 14.3 Å². The van der Waals surface area contributed by atoms with E-state index in [-0.39, 0.29) is 11.7 Å². The lowest BCUT2D eigenvalue weighted by Crippen LogP contribution is -2.48. The van der Waals surface area contributed by atoms with Gasteiger partial charge in [0.05, 0.1) is 17.3 Å². The van der Waals surface area contributed by atoms with Crippen molar-refractivity contribution in [3.05, 3.63) is 41.5 Å². The summed E-state index contributed by atoms with van der Waals surface area (Å²) in [6.07, 6.45) is 5.26. The van der Waals surface area contributed by atoms with E-state index in [0.717, 1.165) is 24.8 Å². The number of hydrogen-bond acceptors (Lipinski definition) is 3. The number of rotatable bonds is 9. The molecule has 1 aliphatic rings. The van der Waals surface area contributed by atoms with Crippen LogP contribution in [0.5, 0.6) is 0 Å². The van der Waals surface area contributed by atoms with Gasteiger partial charge in [-0.3, -0.25) is 0 Å². The van der Waals surface area contributed by atoms with Crippen LogP contribution < -0.4 is 0 Å². The summed E-state index contributed by atoms with van der Waals surface area (Å²) in [5, 5.41) is 0. The minimum atomic E-state index is -3.30. The molecule has 0 spiro atoms. The Morgan fingerprint density at radius 3 is 2.07 bits per heavy atom.